The van der Waals surface area contributed by atoms with E-state index in [2.05, 4.69) is 15.3 Å². The minimum Gasteiger partial charge on any atom is -0.497 e. The molecule has 2 aromatic carbocycles. The van der Waals surface area contributed by atoms with Gasteiger partial charge in [0, 0.05) is 17.7 Å². The molecule has 0 bridgehead atoms. The van der Waals surface area contributed by atoms with Crippen molar-refractivity contribution in [3.63, 3.8) is 0 Å². The number of ether oxygens (including phenoxy) is 2. The third-order valence-corrected chi connectivity index (χ3v) is 3.66. The fraction of sp³-hybridized carbons (Fsp3) is 0.111. The summed E-state index contributed by atoms with van der Waals surface area (Å²) in [6.07, 6.45) is 0. The maximum Gasteiger partial charge on any atom is 0.163 e. The molecule has 0 aliphatic carbocycles. The van der Waals surface area contributed by atoms with E-state index in [1.807, 2.05) is 0 Å². The van der Waals surface area contributed by atoms with Crippen LogP contribution >= 0.6 is 11.6 Å². The number of nitrogens with one attached hydrogen (secondary N) is 1. The molecule has 0 radical (unpaired) electrons. The van der Waals surface area contributed by atoms with Crippen LogP contribution in [0.3, 0.4) is 0 Å². The molecule has 5 nitrogen and oxygen atoms in total. The number of anilines is 2. The molecule has 0 aliphatic heterocycles. The molecule has 1 heterocycles. The monoisotopic (exact) mass is 359 g/mol. The Morgan fingerprint density at radius 3 is 2.40 bits per heavy atom. The van der Waals surface area contributed by atoms with Crippen molar-refractivity contribution in [2.45, 2.75) is 0 Å². The van der Waals surface area contributed by atoms with Crippen molar-refractivity contribution >= 4 is 23.1 Å². The predicted molar refractivity (Wildman–Crippen MR) is 95.3 cm³/mol. The van der Waals surface area contributed by atoms with Crippen LogP contribution in [0.1, 0.15) is 0 Å². The molecule has 0 aliphatic rings. The SMILES string of the molecule is COc1ccc(OC)c(Nc2cc(Cl)nc(-c3ccc(F)cc3)n2)c1. The van der Waals surface area contributed by atoms with Crippen LogP contribution in [0.2, 0.25) is 5.15 Å². The minimum absolute atomic E-state index is 0.263. The first kappa shape index (κ1) is 17.0. The van der Waals surface area contributed by atoms with Gasteiger partial charge in [-0.3, -0.25) is 0 Å². The number of methoxy groups -OCH3 is 2. The van der Waals surface area contributed by atoms with Gasteiger partial charge in [-0.1, -0.05) is 11.6 Å². The third kappa shape index (κ3) is 3.97. The molecule has 3 rings (SSSR count). The van der Waals surface area contributed by atoms with Crippen molar-refractivity contribution < 1.29 is 13.9 Å². The second-order valence-electron chi connectivity index (χ2n) is 5.10. The van der Waals surface area contributed by atoms with E-state index in [0.29, 0.717) is 34.4 Å². The van der Waals surface area contributed by atoms with Gasteiger partial charge in [0.2, 0.25) is 0 Å². The summed E-state index contributed by atoms with van der Waals surface area (Å²) in [6.45, 7) is 0. The van der Waals surface area contributed by atoms with E-state index in [9.17, 15) is 4.39 Å². The second kappa shape index (κ2) is 7.36. The van der Waals surface area contributed by atoms with E-state index in [1.165, 1.54) is 12.1 Å². The molecule has 0 saturated heterocycles. The average molecular weight is 360 g/mol. The van der Waals surface area contributed by atoms with E-state index >= 15 is 0 Å². The Bertz CT molecular complexity index is 888. The first-order valence-corrected chi connectivity index (χ1v) is 7.76. The molecular weight excluding hydrogens is 345 g/mol. The van der Waals surface area contributed by atoms with Gasteiger partial charge in [0.15, 0.2) is 5.82 Å². The summed E-state index contributed by atoms with van der Waals surface area (Å²) in [5, 5.41) is 3.41. The molecule has 0 fully saturated rings. The maximum atomic E-state index is 13.1. The van der Waals surface area contributed by atoms with Crippen LogP contribution in [-0.2, 0) is 0 Å². The summed E-state index contributed by atoms with van der Waals surface area (Å²) in [7, 11) is 3.16. The molecule has 0 atom stereocenters. The summed E-state index contributed by atoms with van der Waals surface area (Å²) in [4.78, 5) is 8.62. The van der Waals surface area contributed by atoms with Gasteiger partial charge >= 0.3 is 0 Å². The van der Waals surface area contributed by atoms with Gasteiger partial charge in [0.25, 0.3) is 0 Å². The number of benzene rings is 2. The summed E-state index contributed by atoms with van der Waals surface area (Å²) in [6, 6.07) is 12.8. The van der Waals surface area contributed by atoms with Crippen molar-refractivity contribution in [3.8, 4) is 22.9 Å². The van der Waals surface area contributed by atoms with Crippen molar-refractivity contribution in [1.29, 1.82) is 0 Å². The fourth-order valence-corrected chi connectivity index (χ4v) is 2.44. The molecule has 3 aromatic rings. The van der Waals surface area contributed by atoms with Crippen LogP contribution in [-0.4, -0.2) is 24.2 Å². The first-order chi connectivity index (χ1) is 12.1. The molecule has 0 amide bonds. The highest BCUT2D eigenvalue weighted by Gasteiger charge is 2.10. The molecule has 0 spiro atoms. The smallest absolute Gasteiger partial charge is 0.163 e. The van der Waals surface area contributed by atoms with Crippen molar-refractivity contribution in [2.24, 2.45) is 0 Å². The van der Waals surface area contributed by atoms with Crippen LogP contribution in [0.5, 0.6) is 11.5 Å². The number of aromatic nitrogens is 2. The molecule has 1 aromatic heterocycles. The van der Waals surface area contributed by atoms with Gasteiger partial charge in [0.1, 0.15) is 28.3 Å². The van der Waals surface area contributed by atoms with Crippen LogP contribution in [0, 0.1) is 5.82 Å². The van der Waals surface area contributed by atoms with Crippen molar-refractivity contribution in [3.05, 3.63) is 59.5 Å². The molecule has 0 saturated carbocycles. The average Bonchev–Trinajstić information content (AvgIpc) is 2.61. The molecule has 25 heavy (non-hydrogen) atoms. The lowest BCUT2D eigenvalue weighted by atomic mass is 10.2. The van der Waals surface area contributed by atoms with Crippen molar-refractivity contribution in [1.82, 2.24) is 9.97 Å². The zero-order valence-corrected chi connectivity index (χ0v) is 14.3. The van der Waals surface area contributed by atoms with E-state index < -0.39 is 0 Å². The van der Waals surface area contributed by atoms with Crippen LogP contribution < -0.4 is 14.8 Å². The maximum absolute atomic E-state index is 13.1. The highest BCUT2D eigenvalue weighted by molar-refractivity contribution is 6.29. The van der Waals surface area contributed by atoms with Gasteiger partial charge in [-0.25, -0.2) is 14.4 Å². The van der Waals surface area contributed by atoms with Crippen LogP contribution in [0.15, 0.2) is 48.5 Å². The summed E-state index contributed by atoms with van der Waals surface area (Å²) >= 11 is 6.11. The number of nitrogens with zero attached hydrogens (tertiary/aromatic N) is 2. The highest BCUT2D eigenvalue weighted by atomic mass is 35.5. The standard InChI is InChI=1S/C18H15ClFN3O2/c1-24-13-7-8-15(25-2)14(9-13)21-17-10-16(19)22-18(23-17)11-3-5-12(20)6-4-11/h3-10H,1-2H3,(H,21,22,23). The molecule has 128 valence electrons. The lowest BCUT2D eigenvalue weighted by Gasteiger charge is -2.13. The zero-order valence-electron chi connectivity index (χ0n) is 13.6. The van der Waals surface area contributed by atoms with Gasteiger partial charge in [0.05, 0.1) is 19.9 Å². The summed E-state index contributed by atoms with van der Waals surface area (Å²) in [5.41, 5.74) is 1.33. The highest BCUT2D eigenvalue weighted by Crippen LogP contribution is 2.32. The number of hydrogen-bond donors (Lipinski definition) is 1. The van der Waals surface area contributed by atoms with Gasteiger partial charge in [-0.05, 0) is 36.4 Å². The molecule has 1 N–H and O–H groups in total. The number of hydrogen-bond acceptors (Lipinski definition) is 5. The van der Waals surface area contributed by atoms with E-state index in [1.54, 1.807) is 50.6 Å². The summed E-state index contributed by atoms with van der Waals surface area (Å²) in [5.74, 6) is 1.83. The quantitative estimate of drug-likeness (QED) is 0.669. The Hall–Kier alpha value is -2.86. The Morgan fingerprint density at radius 2 is 1.72 bits per heavy atom. The zero-order chi connectivity index (χ0) is 17.8. The lowest BCUT2D eigenvalue weighted by Crippen LogP contribution is -2.00. The van der Waals surface area contributed by atoms with Crippen LogP contribution in [0.4, 0.5) is 15.9 Å². The Morgan fingerprint density at radius 1 is 0.960 bits per heavy atom. The lowest BCUT2D eigenvalue weighted by molar-refractivity contribution is 0.405. The van der Waals surface area contributed by atoms with Gasteiger partial charge in [-0.15, -0.1) is 0 Å². The molecular formula is C18H15ClFN3O2. The summed E-state index contributed by atoms with van der Waals surface area (Å²) < 4.78 is 23.7. The van der Waals surface area contributed by atoms with Crippen LogP contribution in [0.25, 0.3) is 11.4 Å². The fourth-order valence-electron chi connectivity index (χ4n) is 2.26. The normalized spacial score (nSPS) is 10.4. The first-order valence-electron chi connectivity index (χ1n) is 7.38. The van der Waals surface area contributed by atoms with Gasteiger partial charge < -0.3 is 14.8 Å². The number of rotatable bonds is 5. The molecule has 0 unspecified atom stereocenters. The van der Waals surface area contributed by atoms with Gasteiger partial charge in [-0.2, -0.15) is 0 Å². The topological polar surface area (TPSA) is 56.3 Å². The Balaban J connectivity index is 1.97. The number of halogens is 2. The molecule has 7 heteroatoms. The second-order valence-corrected chi connectivity index (χ2v) is 5.48. The largest absolute Gasteiger partial charge is 0.497 e. The Labute approximate surface area is 149 Å². The minimum atomic E-state index is -0.328. The van der Waals surface area contributed by atoms with E-state index in [-0.39, 0.29) is 11.0 Å². The Kier molecular flexibility index (Phi) is 5.00. The van der Waals surface area contributed by atoms with E-state index in [0.717, 1.165) is 0 Å². The van der Waals surface area contributed by atoms with Crippen molar-refractivity contribution in [2.75, 3.05) is 19.5 Å². The van der Waals surface area contributed by atoms with E-state index in [4.69, 9.17) is 21.1 Å². The predicted octanol–water partition coefficient (Wildman–Crippen LogP) is 4.70. The third-order valence-electron chi connectivity index (χ3n) is 3.47.